The summed E-state index contributed by atoms with van der Waals surface area (Å²) in [5.41, 5.74) is 4.03. The molecule has 0 amide bonds. The van der Waals surface area contributed by atoms with Crippen LogP contribution in [0, 0.1) is 23.2 Å². The molecule has 0 spiro atoms. The van der Waals surface area contributed by atoms with Gasteiger partial charge in [0.1, 0.15) is 24.0 Å². The zero-order valence-corrected chi connectivity index (χ0v) is 20.1. The van der Waals surface area contributed by atoms with Crippen molar-refractivity contribution in [3.63, 3.8) is 0 Å². The lowest BCUT2D eigenvalue weighted by atomic mass is 9.92. The Balaban J connectivity index is 1.38. The summed E-state index contributed by atoms with van der Waals surface area (Å²) in [5, 5.41) is 13.6. The van der Waals surface area contributed by atoms with Crippen LogP contribution in [-0.2, 0) is 0 Å². The second kappa shape index (κ2) is 11.4. The lowest BCUT2D eigenvalue weighted by Crippen LogP contribution is -2.40. The van der Waals surface area contributed by atoms with Gasteiger partial charge in [-0.05, 0) is 36.0 Å². The lowest BCUT2D eigenvalue weighted by molar-refractivity contribution is 0.120. The molecule has 35 heavy (non-hydrogen) atoms. The van der Waals surface area contributed by atoms with E-state index in [4.69, 9.17) is 4.74 Å². The number of rotatable bonds is 8. The zero-order chi connectivity index (χ0) is 24.6. The van der Waals surface area contributed by atoms with Crippen LogP contribution >= 0.6 is 0 Å². The Morgan fingerprint density at radius 2 is 1.97 bits per heavy atom. The molecule has 8 heteroatoms. The molecule has 0 bridgehead atoms. The van der Waals surface area contributed by atoms with Crippen LogP contribution in [0.4, 0.5) is 5.95 Å². The maximum absolute atomic E-state index is 12.4. The van der Waals surface area contributed by atoms with Crippen LogP contribution in [-0.4, -0.2) is 47.3 Å². The fourth-order valence-corrected chi connectivity index (χ4v) is 4.55. The summed E-state index contributed by atoms with van der Waals surface area (Å²) in [6.45, 7) is 8.43. The van der Waals surface area contributed by atoms with Gasteiger partial charge < -0.3 is 4.74 Å². The number of hydrazone groups is 1. The van der Waals surface area contributed by atoms with Gasteiger partial charge >= 0.3 is 0 Å². The molecule has 3 aromatic rings. The molecular formula is C27H30N6O2. The summed E-state index contributed by atoms with van der Waals surface area (Å²) in [5.74, 6) is 2.40. The average molecular weight is 471 g/mol. The van der Waals surface area contributed by atoms with Gasteiger partial charge in [0.2, 0.25) is 5.95 Å². The number of benzene rings is 2. The number of hydrogen-bond acceptors (Lipinski definition) is 7. The molecule has 1 saturated heterocycles. The molecule has 1 aliphatic heterocycles. The Hall–Kier alpha value is -3.96. The Kier molecular flexibility index (Phi) is 7.91. The van der Waals surface area contributed by atoms with Crippen molar-refractivity contribution < 1.29 is 4.74 Å². The first kappa shape index (κ1) is 24.2. The summed E-state index contributed by atoms with van der Waals surface area (Å²) in [4.78, 5) is 21.8. The van der Waals surface area contributed by atoms with Crippen molar-refractivity contribution in [2.45, 2.75) is 20.3 Å². The van der Waals surface area contributed by atoms with Crippen molar-refractivity contribution in [1.82, 2.24) is 14.9 Å². The van der Waals surface area contributed by atoms with E-state index in [0.29, 0.717) is 17.9 Å². The first-order chi connectivity index (χ1) is 17.0. The van der Waals surface area contributed by atoms with Crippen LogP contribution in [0.3, 0.4) is 0 Å². The van der Waals surface area contributed by atoms with Gasteiger partial charge in [-0.15, -0.1) is 0 Å². The van der Waals surface area contributed by atoms with Crippen LogP contribution in [0.2, 0.25) is 0 Å². The number of anilines is 1. The number of H-pyrrole nitrogens is 1. The standard InChI is InChI=1S/C27H30N6O2/c1-19-13-20(2)18-33(17-19)11-12-35-23-10-6-7-21(14-23)16-29-32-27-30-25(22-8-4-3-5-9-22)24(15-28)26(34)31-27/h3-10,14,16,19-20H,11-13,17-18H2,1-2H3,(H2,30,31,32,34). The van der Waals surface area contributed by atoms with Gasteiger partial charge in [0.25, 0.3) is 5.56 Å². The molecule has 2 aromatic carbocycles. The number of aromatic amines is 1. The topological polar surface area (TPSA) is 106 Å². The van der Waals surface area contributed by atoms with Crippen LogP contribution in [0.5, 0.6) is 5.75 Å². The van der Waals surface area contributed by atoms with E-state index < -0.39 is 5.56 Å². The lowest BCUT2D eigenvalue weighted by Gasteiger charge is -2.34. The number of likely N-dealkylation sites (tertiary alicyclic amines) is 1. The Labute approximate surface area is 205 Å². The average Bonchev–Trinajstić information content (AvgIpc) is 2.84. The zero-order valence-electron chi connectivity index (χ0n) is 20.1. The first-order valence-electron chi connectivity index (χ1n) is 11.9. The van der Waals surface area contributed by atoms with E-state index in [1.54, 1.807) is 18.3 Å². The maximum atomic E-state index is 12.4. The molecule has 8 nitrogen and oxygen atoms in total. The predicted molar refractivity (Wildman–Crippen MR) is 138 cm³/mol. The maximum Gasteiger partial charge on any atom is 0.270 e. The van der Waals surface area contributed by atoms with Crippen molar-refractivity contribution in [3.8, 4) is 23.1 Å². The second-order valence-electron chi connectivity index (χ2n) is 9.11. The van der Waals surface area contributed by atoms with E-state index in [2.05, 4.69) is 39.2 Å². The van der Waals surface area contributed by atoms with Crippen LogP contribution < -0.4 is 15.7 Å². The normalized spacial score (nSPS) is 18.3. The minimum atomic E-state index is -0.521. The molecule has 1 aliphatic rings. The molecule has 0 saturated carbocycles. The molecule has 0 radical (unpaired) electrons. The molecule has 180 valence electrons. The number of nitriles is 1. The quantitative estimate of drug-likeness (QED) is 0.379. The largest absolute Gasteiger partial charge is 0.492 e. The summed E-state index contributed by atoms with van der Waals surface area (Å²) in [6, 6.07) is 18.7. The fourth-order valence-electron chi connectivity index (χ4n) is 4.55. The van der Waals surface area contributed by atoms with E-state index in [1.807, 2.05) is 48.5 Å². The number of ether oxygens (including phenoxy) is 1. The molecule has 1 aromatic heterocycles. The van der Waals surface area contributed by atoms with Gasteiger partial charge in [-0.3, -0.25) is 14.7 Å². The highest BCUT2D eigenvalue weighted by Crippen LogP contribution is 2.21. The number of piperidine rings is 1. The number of hydrogen-bond donors (Lipinski definition) is 2. The highest BCUT2D eigenvalue weighted by Gasteiger charge is 2.21. The van der Waals surface area contributed by atoms with E-state index in [0.717, 1.165) is 42.8 Å². The molecule has 2 N–H and O–H groups in total. The van der Waals surface area contributed by atoms with Crippen LogP contribution in [0.1, 0.15) is 31.4 Å². The van der Waals surface area contributed by atoms with Gasteiger partial charge in [-0.1, -0.05) is 56.3 Å². The number of nitrogens with one attached hydrogen (secondary N) is 2. The summed E-state index contributed by atoms with van der Waals surface area (Å²) < 4.78 is 5.98. The third-order valence-corrected chi connectivity index (χ3v) is 5.94. The van der Waals surface area contributed by atoms with Gasteiger partial charge in [-0.25, -0.2) is 10.4 Å². The van der Waals surface area contributed by atoms with Crippen molar-refractivity contribution in [2.24, 2.45) is 16.9 Å². The summed E-state index contributed by atoms with van der Waals surface area (Å²) >= 11 is 0. The summed E-state index contributed by atoms with van der Waals surface area (Å²) in [7, 11) is 0. The Bertz CT molecular complexity index is 1250. The number of aromatic nitrogens is 2. The Morgan fingerprint density at radius 1 is 1.20 bits per heavy atom. The van der Waals surface area contributed by atoms with Crippen LogP contribution in [0.25, 0.3) is 11.3 Å². The SMILES string of the molecule is CC1CC(C)CN(CCOc2cccc(C=NNc3nc(-c4ccccc4)c(C#N)c(=O)[nH]3)c2)C1. The van der Waals surface area contributed by atoms with Crippen molar-refractivity contribution in [2.75, 3.05) is 31.7 Å². The second-order valence-corrected chi connectivity index (χ2v) is 9.11. The van der Waals surface area contributed by atoms with Gasteiger partial charge in [0.15, 0.2) is 0 Å². The third-order valence-electron chi connectivity index (χ3n) is 5.94. The molecule has 0 aliphatic carbocycles. The monoisotopic (exact) mass is 470 g/mol. The number of nitrogens with zero attached hydrogens (tertiary/aromatic N) is 4. The summed E-state index contributed by atoms with van der Waals surface area (Å²) in [6.07, 6.45) is 2.92. The highest BCUT2D eigenvalue weighted by molar-refractivity contribution is 5.80. The molecule has 2 heterocycles. The van der Waals surface area contributed by atoms with Gasteiger partial charge in [-0.2, -0.15) is 10.4 Å². The Morgan fingerprint density at radius 3 is 2.71 bits per heavy atom. The van der Waals surface area contributed by atoms with Gasteiger partial charge in [0.05, 0.1) is 11.9 Å². The molecule has 2 atom stereocenters. The molecule has 4 rings (SSSR count). The predicted octanol–water partition coefficient (Wildman–Crippen LogP) is 4.11. The third kappa shape index (κ3) is 6.55. The smallest absolute Gasteiger partial charge is 0.270 e. The first-order valence-corrected chi connectivity index (χ1v) is 11.9. The van der Waals surface area contributed by atoms with Crippen molar-refractivity contribution >= 4 is 12.2 Å². The highest BCUT2D eigenvalue weighted by atomic mass is 16.5. The van der Waals surface area contributed by atoms with E-state index in [1.165, 1.54) is 6.42 Å². The minimum absolute atomic E-state index is 0.0379. The van der Waals surface area contributed by atoms with Crippen molar-refractivity contribution in [1.29, 1.82) is 5.26 Å². The van der Waals surface area contributed by atoms with E-state index in [9.17, 15) is 10.1 Å². The van der Waals surface area contributed by atoms with Gasteiger partial charge in [0, 0.05) is 25.2 Å². The minimum Gasteiger partial charge on any atom is -0.492 e. The molecule has 1 fully saturated rings. The molecular weight excluding hydrogens is 440 g/mol. The van der Waals surface area contributed by atoms with E-state index >= 15 is 0 Å². The fraction of sp³-hybridized carbons (Fsp3) is 0.333. The molecule has 2 unspecified atom stereocenters. The van der Waals surface area contributed by atoms with Crippen molar-refractivity contribution in [3.05, 3.63) is 76.1 Å². The van der Waals surface area contributed by atoms with E-state index in [-0.39, 0.29) is 11.5 Å². The van der Waals surface area contributed by atoms with Crippen LogP contribution in [0.15, 0.2) is 64.5 Å².